The van der Waals surface area contributed by atoms with Crippen LogP contribution in [0, 0.1) is 0 Å². The number of hydrogen-bond acceptors (Lipinski definition) is 10. The summed E-state index contributed by atoms with van der Waals surface area (Å²) in [5.74, 6) is -1.20. The summed E-state index contributed by atoms with van der Waals surface area (Å²) in [7, 11) is -3.50. The lowest BCUT2D eigenvalue weighted by molar-refractivity contribution is -0.139. The van der Waals surface area contributed by atoms with Crippen LogP contribution >= 0.6 is 0 Å². The van der Waals surface area contributed by atoms with Crippen molar-refractivity contribution >= 4 is 40.0 Å². The molecule has 3 amide bonds. The third-order valence-electron chi connectivity index (χ3n) is 7.05. The largest absolute Gasteiger partial charge is 0.463 e. The number of unbranched alkanes of at least 4 members (excludes halogenated alkanes) is 1. The molecule has 16 heteroatoms. The summed E-state index contributed by atoms with van der Waals surface area (Å²) in [5.41, 5.74) is -1.44. The standard InChI is InChI=1S/C31H54N6O9S/c1-10-12-16-47(42,43)36-22-14-13-15-37(19-22)24-18-21(26(39)44-11-2)17-23(25(24)32-20(3)38)33-27(34-28(40)45-30(4,5)6)35-29(41)46-31(7,8)9/h18,22-25,36H,10-17,19H2,1-9H3,(H,32,38)(H2,33,34,35,40,41)/t22-,23+,24-,25-/m1/s1. The van der Waals surface area contributed by atoms with Gasteiger partial charge in [-0.2, -0.15) is 0 Å². The molecule has 268 valence electrons. The number of nitrogens with one attached hydrogen (secondary N) is 4. The maximum Gasteiger partial charge on any atom is 0.437 e. The zero-order valence-electron chi connectivity index (χ0n) is 29.2. The molecule has 1 heterocycles. The zero-order chi connectivity index (χ0) is 35.6. The average Bonchev–Trinajstić information content (AvgIpc) is 2.90. The number of aliphatic imine (C=N–C) groups is 1. The van der Waals surface area contributed by atoms with Gasteiger partial charge in [0.25, 0.3) is 0 Å². The summed E-state index contributed by atoms with van der Waals surface area (Å²) < 4.78 is 44.3. The Morgan fingerprint density at radius 3 is 2.26 bits per heavy atom. The minimum Gasteiger partial charge on any atom is -0.463 e. The number of nitrogens with zero attached hydrogens (tertiary/aromatic N) is 2. The second-order valence-electron chi connectivity index (χ2n) is 13.8. The third-order valence-corrected chi connectivity index (χ3v) is 8.56. The van der Waals surface area contributed by atoms with Crippen LogP contribution in [0.25, 0.3) is 0 Å². The second kappa shape index (κ2) is 17.2. The van der Waals surface area contributed by atoms with Crippen LogP contribution in [0.15, 0.2) is 16.6 Å². The molecule has 0 saturated carbocycles. The van der Waals surface area contributed by atoms with Crippen molar-refractivity contribution in [3.63, 3.8) is 0 Å². The van der Waals surface area contributed by atoms with E-state index in [-0.39, 0.29) is 36.7 Å². The van der Waals surface area contributed by atoms with E-state index in [1.54, 1.807) is 54.5 Å². The van der Waals surface area contributed by atoms with Crippen LogP contribution in [-0.4, -0.2) is 104 Å². The highest BCUT2D eigenvalue weighted by Gasteiger charge is 2.41. The number of rotatable bonds is 10. The summed E-state index contributed by atoms with van der Waals surface area (Å²) in [6, 6.07) is -2.50. The number of likely N-dealkylation sites (tertiary alicyclic amines) is 1. The van der Waals surface area contributed by atoms with E-state index in [1.165, 1.54) is 6.92 Å². The van der Waals surface area contributed by atoms with Gasteiger partial charge in [-0.25, -0.2) is 27.5 Å². The van der Waals surface area contributed by atoms with Gasteiger partial charge >= 0.3 is 18.2 Å². The molecule has 0 radical (unpaired) electrons. The molecule has 47 heavy (non-hydrogen) atoms. The number of sulfonamides is 1. The number of esters is 1. The Bertz CT molecular complexity index is 1290. The monoisotopic (exact) mass is 686 g/mol. The number of carbonyl (C=O) groups is 4. The van der Waals surface area contributed by atoms with Crippen molar-refractivity contribution in [1.82, 2.24) is 25.6 Å². The van der Waals surface area contributed by atoms with Crippen molar-refractivity contribution in [2.45, 2.75) is 130 Å². The minimum absolute atomic E-state index is 0.0290. The molecule has 15 nitrogen and oxygen atoms in total. The summed E-state index contributed by atoms with van der Waals surface area (Å²) in [6.45, 7) is 16.0. The number of alkyl carbamates (subject to hydrolysis) is 1. The number of piperidine rings is 1. The van der Waals surface area contributed by atoms with Gasteiger partial charge in [-0.1, -0.05) is 19.4 Å². The minimum atomic E-state index is -3.50. The van der Waals surface area contributed by atoms with E-state index in [4.69, 9.17) is 14.2 Å². The van der Waals surface area contributed by atoms with Gasteiger partial charge < -0.3 is 24.8 Å². The molecule has 1 fully saturated rings. The van der Waals surface area contributed by atoms with Gasteiger partial charge in [-0.05, 0) is 74.3 Å². The maximum atomic E-state index is 13.1. The molecule has 4 N–H and O–H groups in total. The fourth-order valence-corrected chi connectivity index (χ4v) is 6.80. The molecule has 0 unspecified atom stereocenters. The van der Waals surface area contributed by atoms with E-state index in [9.17, 15) is 27.6 Å². The fraction of sp³-hybridized carbons (Fsp3) is 0.774. The molecule has 2 rings (SSSR count). The molecule has 1 aliphatic heterocycles. The second-order valence-corrected chi connectivity index (χ2v) is 15.6. The predicted molar refractivity (Wildman–Crippen MR) is 177 cm³/mol. The molecule has 0 bridgehead atoms. The summed E-state index contributed by atoms with van der Waals surface area (Å²) >= 11 is 0. The van der Waals surface area contributed by atoms with Crippen LogP contribution in [0.1, 0.15) is 94.4 Å². The highest BCUT2D eigenvalue weighted by atomic mass is 32.2. The number of amides is 3. The van der Waals surface area contributed by atoms with Gasteiger partial charge in [0.15, 0.2) is 0 Å². The highest BCUT2D eigenvalue weighted by Crippen LogP contribution is 2.27. The average molecular weight is 687 g/mol. The van der Waals surface area contributed by atoms with Crippen molar-refractivity contribution in [3.8, 4) is 0 Å². The van der Waals surface area contributed by atoms with Gasteiger partial charge in [0.2, 0.25) is 21.9 Å². The van der Waals surface area contributed by atoms with E-state index < -0.39 is 57.5 Å². The lowest BCUT2D eigenvalue weighted by Crippen LogP contribution is -2.65. The van der Waals surface area contributed by atoms with Crippen LogP contribution < -0.4 is 20.7 Å². The zero-order valence-corrected chi connectivity index (χ0v) is 30.0. The molecular weight excluding hydrogens is 632 g/mol. The fourth-order valence-electron chi connectivity index (χ4n) is 5.32. The molecule has 0 spiro atoms. The normalized spacial score (nSPS) is 22.8. The Labute approximate surface area is 279 Å². The molecule has 1 saturated heterocycles. The quantitative estimate of drug-likeness (QED) is 0.114. The molecule has 0 aromatic rings. The lowest BCUT2D eigenvalue weighted by atomic mass is 9.84. The van der Waals surface area contributed by atoms with Crippen molar-refractivity contribution in [2.24, 2.45) is 4.99 Å². The van der Waals surface area contributed by atoms with Crippen LogP contribution in [0.5, 0.6) is 0 Å². The maximum absolute atomic E-state index is 13.1. The van der Waals surface area contributed by atoms with E-state index in [0.29, 0.717) is 37.9 Å². The molecule has 0 aromatic carbocycles. The van der Waals surface area contributed by atoms with Crippen molar-refractivity contribution in [2.75, 3.05) is 25.4 Å². The Morgan fingerprint density at radius 2 is 1.68 bits per heavy atom. The highest BCUT2D eigenvalue weighted by molar-refractivity contribution is 7.89. The molecule has 2 aliphatic rings. The predicted octanol–water partition coefficient (Wildman–Crippen LogP) is 2.71. The summed E-state index contributed by atoms with van der Waals surface area (Å²) in [4.78, 5) is 57.2. The van der Waals surface area contributed by atoms with Crippen molar-refractivity contribution in [3.05, 3.63) is 11.6 Å². The lowest BCUT2D eigenvalue weighted by Gasteiger charge is -2.45. The molecular formula is C31H54N6O9S. The van der Waals surface area contributed by atoms with E-state index in [1.807, 2.05) is 11.8 Å². The summed E-state index contributed by atoms with van der Waals surface area (Å²) in [5, 5.41) is 8.47. The number of carbonyl (C=O) groups excluding carboxylic acids is 4. The van der Waals surface area contributed by atoms with E-state index in [0.717, 1.165) is 6.42 Å². The molecule has 4 atom stereocenters. The Morgan fingerprint density at radius 1 is 1.02 bits per heavy atom. The SMILES string of the molecule is CCCCS(=O)(=O)N[C@@H]1CCCN([C@@H]2C=C(C(=O)OCC)C[C@H](N/C(=N\C(=O)OC(C)(C)C)NC(=O)OC(C)(C)C)[C@H]2NC(C)=O)C1. The summed E-state index contributed by atoms with van der Waals surface area (Å²) in [6.07, 6.45) is 2.46. The molecule has 0 aromatic heterocycles. The Hall–Kier alpha value is -3.24. The van der Waals surface area contributed by atoms with Crippen molar-refractivity contribution in [1.29, 1.82) is 0 Å². The Kier molecular flexibility index (Phi) is 14.7. The first-order chi connectivity index (χ1) is 21.7. The first kappa shape index (κ1) is 39.9. The third kappa shape index (κ3) is 14.6. The molecule has 1 aliphatic carbocycles. The number of guanidine groups is 1. The van der Waals surface area contributed by atoms with Crippen LogP contribution in [0.2, 0.25) is 0 Å². The van der Waals surface area contributed by atoms with Crippen LogP contribution in [0.3, 0.4) is 0 Å². The van der Waals surface area contributed by atoms with E-state index >= 15 is 0 Å². The van der Waals surface area contributed by atoms with Gasteiger partial charge in [0.05, 0.1) is 30.5 Å². The number of hydrogen-bond donors (Lipinski definition) is 4. The van der Waals surface area contributed by atoms with Crippen molar-refractivity contribution < 1.29 is 41.8 Å². The van der Waals surface area contributed by atoms with Gasteiger partial charge in [0, 0.05) is 31.5 Å². The first-order valence-electron chi connectivity index (χ1n) is 16.2. The van der Waals surface area contributed by atoms with Gasteiger partial charge in [-0.15, -0.1) is 4.99 Å². The van der Waals surface area contributed by atoms with Crippen LogP contribution in [-0.2, 0) is 33.8 Å². The number of ether oxygens (including phenoxy) is 3. The Balaban J connectivity index is 2.53. The van der Waals surface area contributed by atoms with E-state index in [2.05, 4.69) is 25.7 Å². The first-order valence-corrected chi connectivity index (χ1v) is 17.8. The van der Waals surface area contributed by atoms with Gasteiger partial charge in [-0.3, -0.25) is 15.0 Å². The van der Waals surface area contributed by atoms with Gasteiger partial charge in [0.1, 0.15) is 11.2 Å². The van der Waals surface area contributed by atoms with Crippen LogP contribution in [0.4, 0.5) is 9.59 Å². The smallest absolute Gasteiger partial charge is 0.437 e. The topological polar surface area (TPSA) is 194 Å².